The molecule has 0 aliphatic heterocycles. The number of Topliss-reactive ketones (excluding diaryl/α,β-unsaturated/α-hetero) is 2. The van der Waals surface area contributed by atoms with E-state index in [-0.39, 0.29) is 55.0 Å². The van der Waals surface area contributed by atoms with Crippen LogP contribution in [0.15, 0.2) is 67.9 Å². The van der Waals surface area contributed by atoms with Gasteiger partial charge in [0.15, 0.2) is 17.5 Å². The number of carbonyl (C=O) groups excluding carboxylic acids is 7. The number of primary amides is 1. The summed E-state index contributed by atoms with van der Waals surface area (Å²) in [6, 6.07) is -5.26. The van der Waals surface area contributed by atoms with Gasteiger partial charge >= 0.3 is 5.97 Å². The molecule has 2 fully saturated rings. The molecule has 0 bridgehead atoms. The SMILES string of the molecule is CC1=C(CNC(CSCC2=C(C)C=C3C(=O)[C@](C)(O)C4(CC4)C(C)=C32)C(=O)N[C@@H](CCCNC(=N)N)C(=O)NCC(=O)N[C@@H](CC(N)=O)C(=O)NC(CS)C(=O)O)C2=C(C)C3(CC3)[C@@](C)(O)C(=O)C2=C1. The molecule has 22 heteroatoms. The van der Waals surface area contributed by atoms with Crippen LogP contribution in [0.2, 0.25) is 0 Å². The number of amides is 5. The molecular weight excluding hydrogens is 943 g/mol. The van der Waals surface area contributed by atoms with Crippen molar-refractivity contribution in [2.75, 3.05) is 36.9 Å². The van der Waals surface area contributed by atoms with Crippen LogP contribution in [0, 0.1) is 16.2 Å². The molecule has 0 aromatic heterocycles. The zero-order valence-corrected chi connectivity index (χ0v) is 42.0. The summed E-state index contributed by atoms with van der Waals surface area (Å²) in [7, 11) is 0. The average Bonchev–Trinajstić information content (AvgIpc) is 4.22. The number of thiol groups is 1. The minimum absolute atomic E-state index is 0.00754. The molecule has 0 aromatic rings. The number of carboxylic acid groups (broad SMARTS) is 1. The number of aliphatic carboxylic acids is 1. The summed E-state index contributed by atoms with van der Waals surface area (Å²) in [4.78, 5) is 105. The second kappa shape index (κ2) is 20.7. The zero-order valence-electron chi connectivity index (χ0n) is 40.3. The highest BCUT2D eigenvalue weighted by atomic mass is 32.2. The van der Waals surface area contributed by atoms with E-state index < -0.39 is 94.7 Å². The van der Waals surface area contributed by atoms with Gasteiger partial charge in [-0.25, -0.2) is 4.79 Å². The third-order valence-electron chi connectivity index (χ3n) is 15.0. The van der Waals surface area contributed by atoms with E-state index in [0.29, 0.717) is 42.6 Å². The van der Waals surface area contributed by atoms with Crippen LogP contribution in [0.4, 0.5) is 0 Å². The first-order valence-electron chi connectivity index (χ1n) is 23.3. The number of thioether (sulfide) groups is 1. The predicted octanol–water partition coefficient (Wildman–Crippen LogP) is -0.225. The van der Waals surface area contributed by atoms with Gasteiger partial charge < -0.3 is 58.7 Å². The maximum Gasteiger partial charge on any atom is 0.327 e. The molecule has 0 radical (unpaired) electrons. The Morgan fingerprint density at radius 2 is 1.27 bits per heavy atom. The number of guanidine groups is 1. The lowest BCUT2D eigenvalue weighted by Crippen LogP contribution is -2.56. The standard InChI is InChI=1S/C48H65N9O11S2/c1-22-14-26-36(24(3)47(9-10-47)45(5,67)38(26)60)28(22)17-53-33(21-70-20-29-23(2)15-27-37(29)25(4)48(11-12-48)46(6,68)39(27)61)42(64)56-30(8-7-13-52-44(50)51)40(62)54-18-35(59)55-31(16-34(49)58)41(63)57-32(19-69)43(65)66/h14-15,30-33,53,67-69H,7-13,16-21H2,1-6H3,(H2,49,58)(H,54,62)(H,55,59)(H,56,64)(H,57,63)(H,65,66)(H4,50,51,52)/t30-,31-,32?,33?,45-,46-/m0/s1. The molecule has 2 saturated carbocycles. The number of hydrogen-bond donors (Lipinski definition) is 13. The zero-order chi connectivity index (χ0) is 51.8. The van der Waals surface area contributed by atoms with Gasteiger partial charge in [0.2, 0.25) is 29.5 Å². The molecule has 0 saturated heterocycles. The molecule has 70 heavy (non-hydrogen) atoms. The Kier molecular flexibility index (Phi) is 15.9. The second-order valence-electron chi connectivity index (χ2n) is 19.5. The maximum absolute atomic E-state index is 14.6. The molecular formula is C48H65N9O11S2. The Morgan fingerprint density at radius 1 is 0.757 bits per heavy atom. The van der Waals surface area contributed by atoms with Crippen LogP contribution in [-0.2, 0) is 38.4 Å². The van der Waals surface area contributed by atoms with Crippen LogP contribution >= 0.6 is 24.4 Å². The van der Waals surface area contributed by atoms with Crippen LogP contribution < -0.4 is 43.4 Å². The van der Waals surface area contributed by atoms with E-state index in [1.807, 2.05) is 33.8 Å². The van der Waals surface area contributed by atoms with E-state index in [1.165, 1.54) is 11.8 Å². The molecule has 2 spiro atoms. The number of rotatable bonds is 23. The van der Waals surface area contributed by atoms with Crippen molar-refractivity contribution >= 4 is 77.4 Å². The highest BCUT2D eigenvalue weighted by Gasteiger charge is 2.66. The van der Waals surface area contributed by atoms with Crippen molar-refractivity contribution in [1.29, 1.82) is 5.41 Å². The van der Waals surface area contributed by atoms with Crippen molar-refractivity contribution < 1.29 is 53.7 Å². The molecule has 20 nitrogen and oxygen atoms in total. The molecule has 6 rings (SSSR count). The lowest BCUT2D eigenvalue weighted by Gasteiger charge is -2.39. The van der Waals surface area contributed by atoms with Gasteiger partial charge in [0.1, 0.15) is 29.3 Å². The Bertz CT molecular complexity index is 2510. The Morgan fingerprint density at radius 3 is 1.77 bits per heavy atom. The van der Waals surface area contributed by atoms with Crippen LogP contribution in [0.5, 0.6) is 0 Å². The lowest BCUT2D eigenvalue weighted by atomic mass is 9.67. The van der Waals surface area contributed by atoms with E-state index >= 15 is 0 Å². The fourth-order valence-electron chi connectivity index (χ4n) is 10.4. The molecule has 0 aromatic carbocycles. The van der Waals surface area contributed by atoms with Crippen LogP contribution in [0.1, 0.15) is 86.5 Å². The molecule has 6 aliphatic rings. The summed E-state index contributed by atoms with van der Waals surface area (Å²) in [6.07, 6.45) is 5.81. The first-order chi connectivity index (χ1) is 32.8. The van der Waals surface area contributed by atoms with Crippen molar-refractivity contribution in [1.82, 2.24) is 31.9 Å². The Labute approximate surface area is 415 Å². The molecule has 2 unspecified atom stereocenters. The molecule has 380 valence electrons. The molecule has 6 aliphatic carbocycles. The van der Waals surface area contributed by atoms with Crippen molar-refractivity contribution in [2.24, 2.45) is 22.3 Å². The van der Waals surface area contributed by atoms with Crippen LogP contribution in [0.3, 0.4) is 0 Å². The molecule has 14 N–H and O–H groups in total. The van der Waals surface area contributed by atoms with Gasteiger partial charge in [-0.2, -0.15) is 24.4 Å². The molecule has 0 heterocycles. The number of ketones is 2. The van der Waals surface area contributed by atoms with Crippen molar-refractivity contribution in [2.45, 2.75) is 122 Å². The number of carboxylic acids is 1. The van der Waals surface area contributed by atoms with Gasteiger partial charge in [-0.05, 0) is 126 Å². The number of nitrogens with two attached hydrogens (primary N) is 2. The number of fused-ring (bicyclic) bond motifs is 2. The number of hydrogen-bond acceptors (Lipinski definition) is 14. The van der Waals surface area contributed by atoms with Gasteiger partial charge in [-0.1, -0.05) is 11.1 Å². The van der Waals surface area contributed by atoms with E-state index in [2.05, 4.69) is 44.5 Å². The molecule has 5 amide bonds. The van der Waals surface area contributed by atoms with E-state index in [1.54, 1.807) is 19.9 Å². The minimum atomic E-state index is -1.59. The first kappa shape index (κ1) is 53.8. The predicted molar refractivity (Wildman–Crippen MR) is 264 cm³/mol. The van der Waals surface area contributed by atoms with Crippen molar-refractivity contribution in [3.05, 3.63) is 67.9 Å². The average molecular weight is 1010 g/mol. The second-order valence-corrected chi connectivity index (χ2v) is 20.9. The number of allylic oxidation sites excluding steroid dienone is 5. The largest absolute Gasteiger partial charge is 0.480 e. The molecule has 6 atom stereocenters. The highest BCUT2D eigenvalue weighted by Crippen LogP contribution is 2.66. The maximum atomic E-state index is 14.6. The number of aliphatic hydroxyl groups is 2. The summed E-state index contributed by atoms with van der Waals surface area (Å²) >= 11 is 5.33. The van der Waals surface area contributed by atoms with Crippen molar-refractivity contribution in [3.63, 3.8) is 0 Å². The third kappa shape index (κ3) is 10.3. The van der Waals surface area contributed by atoms with Gasteiger partial charge in [0.05, 0.1) is 19.0 Å². The first-order valence-corrected chi connectivity index (χ1v) is 25.0. The van der Waals surface area contributed by atoms with Gasteiger partial charge in [-0.15, -0.1) is 0 Å². The lowest BCUT2D eigenvalue weighted by molar-refractivity contribution is -0.141. The Hall–Kier alpha value is -5.55. The van der Waals surface area contributed by atoms with Gasteiger partial charge in [-0.3, -0.25) is 39.0 Å². The van der Waals surface area contributed by atoms with E-state index in [4.69, 9.17) is 16.9 Å². The fraction of sp³-hybridized carbons (Fsp3) is 0.562. The quantitative estimate of drug-likeness (QED) is 0.0272. The Balaban J connectivity index is 1.21. The fourth-order valence-corrected chi connectivity index (χ4v) is 11.9. The normalized spacial score (nSPS) is 24.3. The van der Waals surface area contributed by atoms with Crippen LogP contribution in [-0.4, -0.2) is 141 Å². The summed E-state index contributed by atoms with van der Waals surface area (Å²) < 4.78 is 0. The van der Waals surface area contributed by atoms with Gasteiger partial charge in [0.25, 0.3) is 0 Å². The topological polar surface area (TPSA) is 345 Å². The summed E-state index contributed by atoms with van der Waals surface area (Å²) in [5, 5.41) is 55.5. The third-order valence-corrected chi connectivity index (χ3v) is 16.4. The summed E-state index contributed by atoms with van der Waals surface area (Å²) in [6.45, 7) is 10.4. The van der Waals surface area contributed by atoms with E-state index in [9.17, 15) is 53.7 Å². The number of nitrogens with one attached hydrogen (secondary N) is 7. The monoisotopic (exact) mass is 1010 g/mol. The smallest absolute Gasteiger partial charge is 0.327 e. The van der Waals surface area contributed by atoms with Crippen LogP contribution in [0.25, 0.3) is 0 Å². The minimum Gasteiger partial charge on any atom is -0.480 e. The van der Waals surface area contributed by atoms with E-state index in [0.717, 1.165) is 44.6 Å². The number of carbonyl (C=O) groups is 8. The van der Waals surface area contributed by atoms with Crippen molar-refractivity contribution in [3.8, 4) is 0 Å². The summed E-state index contributed by atoms with van der Waals surface area (Å²) in [5.41, 5.74) is 14.1. The van der Waals surface area contributed by atoms with Gasteiger partial charge in [0, 0.05) is 52.3 Å². The highest BCUT2D eigenvalue weighted by molar-refractivity contribution is 7.99. The summed E-state index contributed by atoms with van der Waals surface area (Å²) in [5.74, 6) is -6.43.